The molecule has 6 nitrogen and oxygen atoms in total. The van der Waals surface area contributed by atoms with Crippen LogP contribution in [0.3, 0.4) is 0 Å². The Kier molecular flexibility index (Phi) is 6.71. The summed E-state index contributed by atoms with van der Waals surface area (Å²) >= 11 is 5.84. The summed E-state index contributed by atoms with van der Waals surface area (Å²) in [6.45, 7) is 0.428. The van der Waals surface area contributed by atoms with Gasteiger partial charge in [-0.05, 0) is 30.3 Å². The third kappa shape index (κ3) is 5.42. The van der Waals surface area contributed by atoms with Crippen LogP contribution in [0.2, 0.25) is 5.02 Å². The first-order valence-electron chi connectivity index (χ1n) is 7.38. The van der Waals surface area contributed by atoms with Crippen molar-refractivity contribution in [2.24, 2.45) is 0 Å². The van der Waals surface area contributed by atoms with Crippen molar-refractivity contribution < 1.29 is 23.4 Å². The van der Waals surface area contributed by atoms with Gasteiger partial charge in [0.1, 0.15) is 18.2 Å². The van der Waals surface area contributed by atoms with E-state index in [4.69, 9.17) is 25.8 Å². The van der Waals surface area contributed by atoms with Crippen LogP contribution in [0.25, 0.3) is 0 Å². The van der Waals surface area contributed by atoms with E-state index in [1.54, 1.807) is 18.2 Å². The van der Waals surface area contributed by atoms with Gasteiger partial charge in [0.15, 0.2) is 11.5 Å². The third-order valence-electron chi connectivity index (χ3n) is 3.18. The van der Waals surface area contributed by atoms with Crippen LogP contribution in [-0.4, -0.2) is 33.4 Å². The second-order valence-corrected chi connectivity index (χ2v) is 5.28. The summed E-state index contributed by atoms with van der Waals surface area (Å²) in [6.07, 6.45) is 0. The van der Waals surface area contributed by atoms with Crippen LogP contribution < -0.4 is 24.8 Å². The number of carbonyl (C=O) groups excluding carboxylic acids is 1. The molecule has 0 atom stereocenters. The van der Waals surface area contributed by atoms with Gasteiger partial charge >= 0.3 is 6.03 Å². The Hall–Kier alpha value is -2.67. The molecule has 0 aromatic heterocycles. The quantitative estimate of drug-likeness (QED) is 0.731. The van der Waals surface area contributed by atoms with E-state index >= 15 is 0 Å². The number of amides is 2. The molecule has 0 unspecified atom stereocenters. The van der Waals surface area contributed by atoms with Gasteiger partial charge in [-0.15, -0.1) is 0 Å². The summed E-state index contributed by atoms with van der Waals surface area (Å²) in [5, 5.41) is 5.48. The summed E-state index contributed by atoms with van der Waals surface area (Å²) < 4.78 is 28.6. The number of ether oxygens (including phenoxy) is 3. The zero-order valence-corrected chi connectivity index (χ0v) is 14.5. The third-order valence-corrected chi connectivity index (χ3v) is 3.48. The van der Waals surface area contributed by atoms with Gasteiger partial charge in [0.05, 0.1) is 25.8 Å². The number of carbonyl (C=O) groups is 1. The van der Waals surface area contributed by atoms with Crippen LogP contribution in [0.15, 0.2) is 36.4 Å². The largest absolute Gasteiger partial charge is 0.493 e. The van der Waals surface area contributed by atoms with Crippen LogP contribution in [0.5, 0.6) is 17.2 Å². The Balaban J connectivity index is 1.79. The molecule has 0 heterocycles. The van der Waals surface area contributed by atoms with Crippen LogP contribution in [-0.2, 0) is 0 Å². The molecule has 2 rings (SSSR count). The predicted molar refractivity (Wildman–Crippen MR) is 93.5 cm³/mol. The molecule has 134 valence electrons. The lowest BCUT2D eigenvalue weighted by molar-refractivity contribution is 0.247. The number of hydrogen-bond acceptors (Lipinski definition) is 4. The second kappa shape index (κ2) is 8.98. The molecule has 2 aromatic carbocycles. The standard InChI is InChI=1S/C17H18ClFN2O4/c1-23-15-6-4-12(10-16(15)24-2)21-17(22)20-7-8-25-14-5-3-11(19)9-13(14)18/h3-6,9-10H,7-8H2,1-2H3,(H2,20,21,22). The minimum absolute atomic E-state index is 0.176. The summed E-state index contributed by atoms with van der Waals surface area (Å²) in [7, 11) is 3.05. The smallest absolute Gasteiger partial charge is 0.319 e. The lowest BCUT2D eigenvalue weighted by Crippen LogP contribution is -2.32. The highest BCUT2D eigenvalue weighted by Gasteiger charge is 2.07. The molecule has 2 amide bonds. The van der Waals surface area contributed by atoms with Crippen LogP contribution in [0.1, 0.15) is 0 Å². The maximum atomic E-state index is 12.9. The molecule has 0 aliphatic carbocycles. The lowest BCUT2D eigenvalue weighted by atomic mass is 10.3. The van der Waals surface area contributed by atoms with Gasteiger partial charge in [-0.1, -0.05) is 11.6 Å². The van der Waals surface area contributed by atoms with E-state index in [0.29, 0.717) is 22.9 Å². The Morgan fingerprint density at radius 2 is 1.80 bits per heavy atom. The molecule has 25 heavy (non-hydrogen) atoms. The van der Waals surface area contributed by atoms with Gasteiger partial charge in [-0.25, -0.2) is 9.18 Å². The number of urea groups is 1. The fourth-order valence-corrected chi connectivity index (χ4v) is 2.23. The topological polar surface area (TPSA) is 68.8 Å². The lowest BCUT2D eigenvalue weighted by Gasteiger charge is -2.12. The Morgan fingerprint density at radius 3 is 2.48 bits per heavy atom. The SMILES string of the molecule is COc1ccc(NC(=O)NCCOc2ccc(F)cc2Cl)cc1OC. The number of halogens is 2. The molecular weight excluding hydrogens is 351 g/mol. The summed E-state index contributed by atoms with van der Waals surface area (Å²) in [5.41, 5.74) is 0.553. The minimum atomic E-state index is -0.440. The summed E-state index contributed by atoms with van der Waals surface area (Å²) in [5.74, 6) is 0.988. The first-order valence-corrected chi connectivity index (χ1v) is 7.76. The average molecular weight is 369 g/mol. The predicted octanol–water partition coefficient (Wildman–Crippen LogP) is 3.70. The molecule has 2 aromatic rings. The van der Waals surface area contributed by atoms with Gasteiger partial charge in [-0.3, -0.25) is 0 Å². The van der Waals surface area contributed by atoms with Gasteiger partial charge in [0.25, 0.3) is 0 Å². The maximum absolute atomic E-state index is 12.9. The van der Waals surface area contributed by atoms with E-state index in [2.05, 4.69) is 10.6 Å². The number of benzene rings is 2. The van der Waals surface area contributed by atoms with E-state index < -0.39 is 11.8 Å². The molecule has 0 bridgehead atoms. The Labute approximate surface area is 149 Å². The summed E-state index contributed by atoms with van der Waals surface area (Å²) in [4.78, 5) is 11.9. The number of hydrogen-bond donors (Lipinski definition) is 2. The van der Waals surface area contributed by atoms with Crippen LogP contribution in [0.4, 0.5) is 14.9 Å². The number of anilines is 1. The molecule has 0 spiro atoms. The fourth-order valence-electron chi connectivity index (χ4n) is 2.01. The summed E-state index contributed by atoms with van der Waals surface area (Å²) in [6, 6.07) is 8.46. The van der Waals surface area contributed by atoms with Crippen molar-refractivity contribution in [2.45, 2.75) is 0 Å². The van der Waals surface area contributed by atoms with E-state index in [1.165, 1.54) is 26.4 Å². The van der Waals surface area contributed by atoms with Crippen molar-refractivity contribution in [1.82, 2.24) is 5.32 Å². The average Bonchev–Trinajstić information content (AvgIpc) is 2.60. The van der Waals surface area contributed by atoms with Crippen molar-refractivity contribution in [3.05, 3.63) is 47.2 Å². The van der Waals surface area contributed by atoms with Crippen molar-refractivity contribution in [2.75, 3.05) is 32.7 Å². The van der Waals surface area contributed by atoms with Gasteiger partial charge in [0.2, 0.25) is 0 Å². The zero-order chi connectivity index (χ0) is 18.2. The maximum Gasteiger partial charge on any atom is 0.319 e. The molecule has 0 fully saturated rings. The second-order valence-electron chi connectivity index (χ2n) is 4.87. The number of rotatable bonds is 7. The number of methoxy groups -OCH3 is 2. The van der Waals surface area contributed by atoms with Crippen LogP contribution >= 0.6 is 11.6 Å². The van der Waals surface area contributed by atoms with E-state index in [-0.39, 0.29) is 18.2 Å². The minimum Gasteiger partial charge on any atom is -0.493 e. The first kappa shape index (κ1) is 18.7. The van der Waals surface area contributed by atoms with E-state index in [9.17, 15) is 9.18 Å². The Morgan fingerprint density at radius 1 is 1.08 bits per heavy atom. The molecule has 0 radical (unpaired) electrons. The van der Waals surface area contributed by atoms with Crippen LogP contribution in [0, 0.1) is 5.82 Å². The molecule has 0 saturated heterocycles. The molecular formula is C17H18ClFN2O4. The fraction of sp³-hybridized carbons (Fsp3) is 0.235. The first-order chi connectivity index (χ1) is 12.0. The number of nitrogens with one attached hydrogen (secondary N) is 2. The molecule has 2 N–H and O–H groups in total. The zero-order valence-electron chi connectivity index (χ0n) is 13.8. The molecule has 0 saturated carbocycles. The van der Waals surface area contributed by atoms with Crippen molar-refractivity contribution in [3.63, 3.8) is 0 Å². The monoisotopic (exact) mass is 368 g/mol. The van der Waals surface area contributed by atoms with Gasteiger partial charge in [-0.2, -0.15) is 0 Å². The van der Waals surface area contributed by atoms with E-state index in [0.717, 1.165) is 6.07 Å². The molecule has 8 heteroatoms. The highest BCUT2D eigenvalue weighted by atomic mass is 35.5. The highest BCUT2D eigenvalue weighted by Crippen LogP contribution is 2.29. The Bertz CT molecular complexity index is 743. The van der Waals surface area contributed by atoms with Gasteiger partial charge < -0.3 is 24.8 Å². The highest BCUT2D eigenvalue weighted by molar-refractivity contribution is 6.32. The normalized spacial score (nSPS) is 10.1. The molecule has 0 aliphatic heterocycles. The molecule has 0 aliphatic rings. The van der Waals surface area contributed by atoms with Gasteiger partial charge in [0, 0.05) is 11.8 Å². The van der Waals surface area contributed by atoms with E-state index in [1.807, 2.05) is 0 Å². The van der Waals surface area contributed by atoms with Crippen molar-refractivity contribution >= 4 is 23.3 Å². The van der Waals surface area contributed by atoms with Crippen molar-refractivity contribution in [1.29, 1.82) is 0 Å². The van der Waals surface area contributed by atoms with Crippen molar-refractivity contribution in [3.8, 4) is 17.2 Å².